The van der Waals surface area contributed by atoms with Gasteiger partial charge in [0.25, 0.3) is 0 Å². The van der Waals surface area contributed by atoms with Gasteiger partial charge in [0.2, 0.25) is 5.91 Å². The molecule has 1 aliphatic rings. The van der Waals surface area contributed by atoms with Crippen molar-refractivity contribution in [2.24, 2.45) is 16.6 Å². The molecule has 0 saturated carbocycles. The number of amides is 1. The van der Waals surface area contributed by atoms with Gasteiger partial charge < -0.3 is 21.3 Å². The van der Waals surface area contributed by atoms with Crippen LogP contribution in [0.4, 0.5) is 0 Å². The second-order valence-electron chi connectivity index (χ2n) is 7.00. The summed E-state index contributed by atoms with van der Waals surface area (Å²) in [4.78, 5) is 17.9. The molecular formula is C20H34IN5O. The lowest BCUT2D eigenvalue weighted by atomic mass is 9.96. The first kappa shape index (κ1) is 23.7. The number of nitrogens with zero attached hydrogens (tertiary/aromatic N) is 2. The van der Waals surface area contributed by atoms with Gasteiger partial charge in [-0.3, -0.25) is 9.79 Å². The molecule has 0 bridgehead atoms. The lowest BCUT2D eigenvalue weighted by molar-refractivity contribution is -0.123. The van der Waals surface area contributed by atoms with Crippen molar-refractivity contribution >= 4 is 35.8 Å². The van der Waals surface area contributed by atoms with E-state index in [2.05, 4.69) is 51.7 Å². The van der Waals surface area contributed by atoms with Crippen LogP contribution in [0.3, 0.4) is 0 Å². The van der Waals surface area contributed by atoms with Crippen molar-refractivity contribution in [2.75, 3.05) is 33.2 Å². The van der Waals surface area contributed by atoms with Crippen molar-refractivity contribution in [1.29, 1.82) is 0 Å². The van der Waals surface area contributed by atoms with E-state index >= 15 is 0 Å². The summed E-state index contributed by atoms with van der Waals surface area (Å²) in [6, 6.07) is 10.6. The summed E-state index contributed by atoms with van der Waals surface area (Å²) in [6.45, 7) is 6.09. The topological polar surface area (TPSA) is 82.8 Å². The van der Waals surface area contributed by atoms with Crippen molar-refractivity contribution in [1.82, 2.24) is 15.5 Å². The molecule has 0 radical (unpaired) electrons. The largest absolute Gasteiger partial charge is 0.369 e. The molecule has 7 heteroatoms. The summed E-state index contributed by atoms with van der Waals surface area (Å²) in [7, 11) is 1.80. The van der Waals surface area contributed by atoms with Gasteiger partial charge in [-0.2, -0.15) is 0 Å². The minimum atomic E-state index is -0.141. The maximum Gasteiger partial charge on any atom is 0.220 e. The third kappa shape index (κ3) is 8.47. The zero-order chi connectivity index (χ0) is 18.8. The van der Waals surface area contributed by atoms with Gasteiger partial charge in [0, 0.05) is 19.5 Å². The fraction of sp³-hybridized carbons (Fsp3) is 0.600. The molecule has 152 valence electrons. The van der Waals surface area contributed by atoms with E-state index in [1.165, 1.54) is 5.56 Å². The predicted molar refractivity (Wildman–Crippen MR) is 122 cm³/mol. The summed E-state index contributed by atoms with van der Waals surface area (Å²) in [6.07, 6.45) is 4.04. The molecule has 1 atom stereocenters. The van der Waals surface area contributed by atoms with E-state index in [1.54, 1.807) is 7.05 Å². The molecule has 1 fully saturated rings. The number of guanidine groups is 1. The van der Waals surface area contributed by atoms with E-state index in [0.29, 0.717) is 0 Å². The van der Waals surface area contributed by atoms with Crippen molar-refractivity contribution < 1.29 is 4.79 Å². The third-order valence-electron chi connectivity index (χ3n) is 5.06. The molecule has 1 unspecified atom stereocenters. The smallest absolute Gasteiger partial charge is 0.220 e. The summed E-state index contributed by atoms with van der Waals surface area (Å²) in [5, 5.41) is 6.81. The first-order chi connectivity index (χ1) is 12.6. The minimum Gasteiger partial charge on any atom is -0.369 e. The standard InChI is InChI=1S/C20H33N5O.HI/c1-16(17-8-4-3-5-9-17)24-20(22-2)23-12-6-7-13-25-14-10-18(11-15-25)19(21)26;/h3-5,8-9,16,18H,6-7,10-15H2,1-2H3,(H2,21,26)(H2,22,23,24);1H. The van der Waals surface area contributed by atoms with Crippen LogP contribution in [0.25, 0.3) is 0 Å². The normalized spacial score (nSPS) is 17.0. The molecule has 1 aliphatic heterocycles. The highest BCUT2D eigenvalue weighted by atomic mass is 127. The number of nitrogens with one attached hydrogen (secondary N) is 2. The molecule has 4 N–H and O–H groups in total. The summed E-state index contributed by atoms with van der Waals surface area (Å²) < 4.78 is 0. The predicted octanol–water partition coefficient (Wildman–Crippen LogP) is 2.51. The highest BCUT2D eigenvalue weighted by molar-refractivity contribution is 14.0. The number of carbonyl (C=O) groups is 1. The zero-order valence-electron chi connectivity index (χ0n) is 16.5. The first-order valence-electron chi connectivity index (χ1n) is 9.64. The Labute approximate surface area is 180 Å². The van der Waals surface area contributed by atoms with E-state index in [4.69, 9.17) is 5.73 Å². The van der Waals surface area contributed by atoms with Gasteiger partial charge in [0.05, 0.1) is 6.04 Å². The maximum absolute atomic E-state index is 11.2. The average Bonchev–Trinajstić information content (AvgIpc) is 2.67. The number of hydrogen-bond donors (Lipinski definition) is 3. The molecule has 1 amide bonds. The SMILES string of the molecule is CN=C(NCCCCN1CCC(C(N)=O)CC1)NC(C)c1ccccc1.I. The lowest BCUT2D eigenvalue weighted by Crippen LogP contribution is -2.40. The average molecular weight is 487 g/mol. The van der Waals surface area contributed by atoms with E-state index in [0.717, 1.165) is 57.8 Å². The van der Waals surface area contributed by atoms with E-state index < -0.39 is 0 Å². The monoisotopic (exact) mass is 487 g/mol. The van der Waals surface area contributed by atoms with Gasteiger partial charge in [0.15, 0.2) is 5.96 Å². The number of aliphatic imine (C=N–C) groups is 1. The molecule has 6 nitrogen and oxygen atoms in total. The molecule has 0 spiro atoms. The van der Waals surface area contributed by atoms with Crippen LogP contribution in [0, 0.1) is 5.92 Å². The zero-order valence-corrected chi connectivity index (χ0v) is 18.8. The summed E-state index contributed by atoms with van der Waals surface area (Å²) in [5.41, 5.74) is 6.63. The Hall–Kier alpha value is -1.35. The van der Waals surface area contributed by atoms with E-state index in [9.17, 15) is 4.79 Å². The minimum absolute atomic E-state index is 0. The Bertz CT molecular complexity index is 573. The lowest BCUT2D eigenvalue weighted by Gasteiger charge is -2.30. The summed E-state index contributed by atoms with van der Waals surface area (Å²) >= 11 is 0. The molecule has 0 aromatic heterocycles. The number of hydrogen-bond acceptors (Lipinski definition) is 3. The van der Waals surface area contributed by atoms with Crippen molar-refractivity contribution in [3.8, 4) is 0 Å². The second kappa shape index (κ2) is 12.9. The van der Waals surface area contributed by atoms with Crippen LogP contribution in [0.5, 0.6) is 0 Å². The maximum atomic E-state index is 11.2. The van der Waals surface area contributed by atoms with Crippen molar-refractivity contribution in [3.05, 3.63) is 35.9 Å². The van der Waals surface area contributed by atoms with Crippen LogP contribution in [0.1, 0.15) is 44.2 Å². The number of carbonyl (C=O) groups excluding carboxylic acids is 1. The fourth-order valence-electron chi connectivity index (χ4n) is 3.33. The van der Waals surface area contributed by atoms with Gasteiger partial charge in [-0.25, -0.2) is 0 Å². The van der Waals surface area contributed by atoms with Crippen LogP contribution >= 0.6 is 24.0 Å². The number of unbranched alkanes of at least 4 members (excludes halogenated alkanes) is 1. The number of primary amides is 1. The Morgan fingerprint density at radius 2 is 1.93 bits per heavy atom. The van der Waals surface area contributed by atoms with Crippen LogP contribution in [0.2, 0.25) is 0 Å². The van der Waals surface area contributed by atoms with E-state index in [1.807, 2.05) is 6.07 Å². The Kier molecular flexibility index (Phi) is 11.3. The van der Waals surface area contributed by atoms with Crippen LogP contribution in [-0.4, -0.2) is 50.0 Å². The number of halogens is 1. The molecule has 0 aliphatic carbocycles. The van der Waals surface area contributed by atoms with Crippen LogP contribution in [-0.2, 0) is 4.79 Å². The molecule has 1 heterocycles. The number of piperidine rings is 1. The van der Waals surface area contributed by atoms with Crippen LogP contribution in [0.15, 0.2) is 35.3 Å². The number of nitrogens with two attached hydrogens (primary N) is 1. The second-order valence-corrected chi connectivity index (χ2v) is 7.00. The fourth-order valence-corrected chi connectivity index (χ4v) is 3.33. The third-order valence-corrected chi connectivity index (χ3v) is 5.06. The van der Waals surface area contributed by atoms with Crippen molar-refractivity contribution in [3.63, 3.8) is 0 Å². The summed E-state index contributed by atoms with van der Waals surface area (Å²) in [5.74, 6) is 0.773. The van der Waals surface area contributed by atoms with Crippen LogP contribution < -0.4 is 16.4 Å². The van der Waals surface area contributed by atoms with Crippen molar-refractivity contribution in [2.45, 2.75) is 38.6 Å². The molecule has 1 aromatic rings. The van der Waals surface area contributed by atoms with Gasteiger partial charge >= 0.3 is 0 Å². The number of rotatable bonds is 8. The Balaban J connectivity index is 0.00000364. The Morgan fingerprint density at radius 1 is 1.26 bits per heavy atom. The number of benzene rings is 1. The van der Waals surface area contributed by atoms with Gasteiger partial charge in [0.1, 0.15) is 0 Å². The Morgan fingerprint density at radius 3 is 2.52 bits per heavy atom. The first-order valence-corrected chi connectivity index (χ1v) is 9.64. The van der Waals surface area contributed by atoms with Gasteiger partial charge in [-0.15, -0.1) is 24.0 Å². The van der Waals surface area contributed by atoms with Gasteiger partial charge in [-0.1, -0.05) is 30.3 Å². The highest BCUT2D eigenvalue weighted by Gasteiger charge is 2.22. The molecule has 2 rings (SSSR count). The quantitative estimate of drug-likeness (QED) is 0.228. The molecule has 1 aromatic carbocycles. The van der Waals surface area contributed by atoms with E-state index in [-0.39, 0.29) is 41.8 Å². The van der Waals surface area contributed by atoms with Gasteiger partial charge in [-0.05, 0) is 57.8 Å². The molecular weight excluding hydrogens is 453 g/mol. The molecule has 1 saturated heterocycles. The number of likely N-dealkylation sites (tertiary alicyclic amines) is 1. The molecule has 27 heavy (non-hydrogen) atoms. The highest BCUT2D eigenvalue weighted by Crippen LogP contribution is 2.16.